The first-order chi connectivity index (χ1) is 18.8. The number of aliphatic hydroxyl groups is 2. The predicted molar refractivity (Wildman–Crippen MR) is 149 cm³/mol. The topological polar surface area (TPSA) is 144 Å². The predicted octanol–water partition coefficient (Wildman–Crippen LogP) is 1.88. The molecule has 0 unspecified atom stereocenters. The minimum absolute atomic E-state index is 0.143. The number of Topliss-reactive ketones (excluding diaryl/α,β-unsaturated/α-hetero) is 2. The maximum Gasteiger partial charge on any atom is 0.316 e. The molecule has 0 amide bonds. The summed E-state index contributed by atoms with van der Waals surface area (Å²) >= 11 is 0. The van der Waals surface area contributed by atoms with E-state index in [2.05, 4.69) is 0 Å². The molecule has 41 heavy (non-hydrogen) atoms. The van der Waals surface area contributed by atoms with Gasteiger partial charge in [0.15, 0.2) is 23.5 Å². The number of aliphatic hydroxyl groups excluding tert-OH is 1. The van der Waals surface area contributed by atoms with E-state index < -0.39 is 77.0 Å². The van der Waals surface area contributed by atoms with Gasteiger partial charge < -0.3 is 38.8 Å². The monoisotopic (exact) mass is 585 g/mol. The zero-order chi connectivity index (χ0) is 31.2. The number of rotatable bonds is 5. The largest absolute Gasteiger partial charge is 0.459 e. The quantitative estimate of drug-likeness (QED) is 0.277. The van der Waals surface area contributed by atoms with Gasteiger partial charge in [0, 0.05) is 25.0 Å². The molecule has 3 saturated heterocycles. The van der Waals surface area contributed by atoms with E-state index in [0.29, 0.717) is 6.42 Å². The van der Waals surface area contributed by atoms with Crippen LogP contribution in [0.4, 0.5) is 0 Å². The van der Waals surface area contributed by atoms with Crippen molar-refractivity contribution in [2.75, 3.05) is 21.2 Å². The van der Waals surface area contributed by atoms with Crippen LogP contribution in [0.25, 0.3) is 0 Å². The normalized spacial score (nSPS) is 48.4. The summed E-state index contributed by atoms with van der Waals surface area (Å²) in [6.45, 7) is 13.4. The number of carbonyl (C=O) groups is 3. The van der Waals surface area contributed by atoms with Gasteiger partial charge in [-0.05, 0) is 68.0 Å². The summed E-state index contributed by atoms with van der Waals surface area (Å²) in [6, 6.07) is -0.251. The Hall–Kier alpha value is -1.47. The second kappa shape index (κ2) is 12.3. The Morgan fingerprint density at radius 1 is 1.07 bits per heavy atom. The van der Waals surface area contributed by atoms with Crippen LogP contribution in [0.3, 0.4) is 0 Å². The van der Waals surface area contributed by atoms with Crippen molar-refractivity contribution in [2.24, 2.45) is 17.8 Å². The average molecular weight is 586 g/mol. The third kappa shape index (κ3) is 6.41. The summed E-state index contributed by atoms with van der Waals surface area (Å²) in [6.07, 6.45) is -4.25. The first-order valence-corrected chi connectivity index (χ1v) is 14.7. The minimum atomic E-state index is -1.66. The fourth-order valence-corrected chi connectivity index (χ4v) is 6.86. The number of ether oxygens (including phenoxy) is 5. The highest BCUT2D eigenvalue weighted by Gasteiger charge is 2.68. The van der Waals surface area contributed by atoms with E-state index in [1.807, 2.05) is 25.9 Å². The van der Waals surface area contributed by atoms with Crippen LogP contribution in [-0.2, 0) is 38.1 Å². The van der Waals surface area contributed by atoms with Crippen molar-refractivity contribution in [2.45, 2.75) is 134 Å². The summed E-state index contributed by atoms with van der Waals surface area (Å²) < 4.78 is 30.0. The maximum atomic E-state index is 13.8. The molecule has 0 aromatic heterocycles. The van der Waals surface area contributed by atoms with Crippen molar-refractivity contribution in [3.8, 4) is 0 Å². The van der Waals surface area contributed by atoms with Crippen LogP contribution >= 0.6 is 0 Å². The minimum Gasteiger partial charge on any atom is -0.459 e. The number of nitrogens with zero attached hydrogens (tertiary/aromatic N) is 1. The Labute approximate surface area is 244 Å². The smallest absolute Gasteiger partial charge is 0.316 e. The number of fused-ring (bicyclic) bond motifs is 1. The number of ketones is 2. The van der Waals surface area contributed by atoms with Gasteiger partial charge in [0.2, 0.25) is 0 Å². The zero-order valence-electron chi connectivity index (χ0n) is 26.5. The molecule has 3 rings (SSSR count). The van der Waals surface area contributed by atoms with Gasteiger partial charge in [-0.15, -0.1) is 0 Å². The van der Waals surface area contributed by atoms with Gasteiger partial charge in [-0.3, -0.25) is 14.4 Å². The molecule has 3 fully saturated rings. The highest BCUT2D eigenvalue weighted by atomic mass is 16.7. The highest BCUT2D eigenvalue weighted by molar-refractivity contribution is 6.00. The van der Waals surface area contributed by atoms with E-state index >= 15 is 0 Å². The van der Waals surface area contributed by atoms with E-state index in [1.165, 1.54) is 21.0 Å². The lowest BCUT2D eigenvalue weighted by atomic mass is 9.75. The van der Waals surface area contributed by atoms with Crippen molar-refractivity contribution < 1.29 is 48.3 Å². The second-order valence-electron chi connectivity index (χ2n) is 13.2. The first kappa shape index (κ1) is 34.0. The molecule has 0 spiro atoms. The third-order valence-electron chi connectivity index (χ3n) is 9.57. The number of hydrogen-bond acceptors (Lipinski definition) is 11. The molecule has 3 aliphatic heterocycles. The Balaban J connectivity index is 2.06. The molecule has 11 nitrogen and oxygen atoms in total. The number of esters is 1. The van der Waals surface area contributed by atoms with Crippen molar-refractivity contribution >= 4 is 17.5 Å². The zero-order valence-corrected chi connectivity index (χ0v) is 26.5. The standard InChI is InChI=1S/C30H51NO10/c1-12-20-29(7,36)27-30(8,41-27)23(34)15(2)14-28(6,37-11)24(17(4)21(32)18(5)25(35)39-20)40-26-22(33)19(31(9)10)13-16(3)38-26/h15-20,22,24,26-27,33,36H,12-14H2,1-11H3/t15-,16-,17+,18-,19+,20-,22-,24-,26+,27-,28+,29-,30+/m1/s1. The van der Waals surface area contributed by atoms with Crippen LogP contribution < -0.4 is 0 Å². The first-order valence-electron chi connectivity index (χ1n) is 14.7. The van der Waals surface area contributed by atoms with E-state index in [0.717, 1.165) is 0 Å². The molecule has 0 aliphatic carbocycles. The molecule has 0 aromatic carbocycles. The van der Waals surface area contributed by atoms with Gasteiger partial charge in [-0.2, -0.15) is 0 Å². The Morgan fingerprint density at radius 3 is 2.22 bits per heavy atom. The number of carbonyl (C=O) groups excluding carboxylic acids is 3. The van der Waals surface area contributed by atoms with E-state index in [1.54, 1.807) is 34.6 Å². The van der Waals surface area contributed by atoms with Gasteiger partial charge >= 0.3 is 5.97 Å². The lowest BCUT2D eigenvalue weighted by Gasteiger charge is -2.46. The average Bonchev–Trinajstić information content (AvgIpc) is 3.62. The number of methoxy groups -OCH3 is 1. The van der Waals surface area contributed by atoms with Crippen molar-refractivity contribution in [1.29, 1.82) is 0 Å². The fraction of sp³-hybridized carbons (Fsp3) is 0.900. The van der Waals surface area contributed by atoms with Crippen LogP contribution in [0.1, 0.15) is 74.7 Å². The SMILES string of the molecule is CC[C@H]1OC(=O)[C@H](C)C(=O)[C@H](C)[C@@H](O[C@@H]2O[C@H](C)C[C@H](N(C)C)[C@H]2O)[C@@](C)(OC)C[C@@H](C)C(=O)[C@]2(C)O[C@@H]2[C@]1(C)O. The number of epoxide rings is 1. The highest BCUT2D eigenvalue weighted by Crippen LogP contribution is 2.49. The second-order valence-corrected chi connectivity index (χ2v) is 13.2. The van der Waals surface area contributed by atoms with Crippen LogP contribution in [0.15, 0.2) is 0 Å². The molecular weight excluding hydrogens is 534 g/mol. The van der Waals surface area contributed by atoms with E-state index in [4.69, 9.17) is 23.7 Å². The van der Waals surface area contributed by atoms with Crippen molar-refractivity contribution in [3.63, 3.8) is 0 Å². The van der Waals surface area contributed by atoms with E-state index in [9.17, 15) is 24.6 Å². The van der Waals surface area contributed by atoms with Crippen LogP contribution in [-0.4, -0.2) is 114 Å². The molecule has 3 aliphatic rings. The van der Waals surface area contributed by atoms with Gasteiger partial charge in [0.25, 0.3) is 0 Å². The molecule has 3 heterocycles. The Bertz CT molecular complexity index is 986. The molecule has 0 aromatic rings. The molecule has 0 bridgehead atoms. The number of likely N-dealkylation sites (N-methyl/N-ethyl adjacent to an activating group) is 1. The van der Waals surface area contributed by atoms with Gasteiger partial charge in [0.1, 0.15) is 29.8 Å². The summed E-state index contributed by atoms with van der Waals surface area (Å²) in [5.74, 6) is -4.20. The maximum absolute atomic E-state index is 13.8. The fourth-order valence-electron chi connectivity index (χ4n) is 6.86. The van der Waals surface area contributed by atoms with Gasteiger partial charge in [-0.25, -0.2) is 0 Å². The third-order valence-corrected chi connectivity index (χ3v) is 9.57. The number of hydrogen-bond donors (Lipinski definition) is 2. The molecule has 11 heteroatoms. The van der Waals surface area contributed by atoms with Crippen LogP contribution in [0, 0.1) is 17.8 Å². The van der Waals surface area contributed by atoms with E-state index in [-0.39, 0.29) is 30.8 Å². The van der Waals surface area contributed by atoms with Crippen molar-refractivity contribution in [3.05, 3.63) is 0 Å². The lowest BCUT2D eigenvalue weighted by molar-refractivity contribution is -0.295. The molecule has 2 N–H and O–H groups in total. The van der Waals surface area contributed by atoms with Gasteiger partial charge in [-0.1, -0.05) is 20.8 Å². The van der Waals surface area contributed by atoms with Crippen LogP contribution in [0.5, 0.6) is 0 Å². The van der Waals surface area contributed by atoms with Crippen LogP contribution in [0.2, 0.25) is 0 Å². The lowest BCUT2D eigenvalue weighted by Crippen LogP contribution is -2.59. The molecule has 0 radical (unpaired) electrons. The molecule has 236 valence electrons. The Morgan fingerprint density at radius 2 is 1.68 bits per heavy atom. The molecule has 0 saturated carbocycles. The summed E-state index contributed by atoms with van der Waals surface area (Å²) in [4.78, 5) is 42.7. The summed E-state index contributed by atoms with van der Waals surface area (Å²) in [5.41, 5.74) is -4.16. The summed E-state index contributed by atoms with van der Waals surface area (Å²) in [7, 11) is 5.21. The number of cyclic esters (lactones) is 1. The Kier molecular flexibility index (Phi) is 10.2. The summed E-state index contributed by atoms with van der Waals surface area (Å²) in [5, 5.41) is 22.6. The molecular formula is C30H51NO10. The molecule has 13 atom stereocenters. The van der Waals surface area contributed by atoms with Crippen molar-refractivity contribution in [1.82, 2.24) is 4.90 Å². The van der Waals surface area contributed by atoms with Gasteiger partial charge in [0.05, 0.1) is 17.8 Å².